The zero-order valence-electron chi connectivity index (χ0n) is 16.4. The summed E-state index contributed by atoms with van der Waals surface area (Å²) < 4.78 is 0. The Morgan fingerprint density at radius 1 is 0.769 bits per heavy atom. The van der Waals surface area contributed by atoms with Crippen LogP contribution in [-0.4, -0.2) is 69.3 Å². The van der Waals surface area contributed by atoms with Gasteiger partial charge in [-0.1, -0.05) is 18.2 Å². The van der Waals surface area contributed by atoms with E-state index in [1.165, 1.54) is 5.69 Å². The van der Waals surface area contributed by atoms with Gasteiger partial charge in [0.1, 0.15) is 0 Å². The molecule has 0 N–H and O–H groups in total. The second kappa shape index (κ2) is 7.76. The van der Waals surface area contributed by atoms with E-state index in [4.69, 9.17) is 0 Å². The minimum atomic E-state index is 0.433. The van der Waals surface area contributed by atoms with E-state index in [2.05, 4.69) is 62.1 Å². The lowest BCUT2D eigenvalue weighted by Crippen LogP contribution is -2.44. The number of hydrogen-bond acceptors (Lipinski definition) is 7. The van der Waals surface area contributed by atoms with Crippen molar-refractivity contribution in [1.82, 2.24) is 15.0 Å². The average Bonchev–Trinajstić information content (AvgIpc) is 2.67. The quantitative estimate of drug-likeness (QED) is 0.814. The molecule has 1 aromatic carbocycles. The van der Waals surface area contributed by atoms with Gasteiger partial charge in [-0.2, -0.15) is 15.0 Å². The molecule has 1 saturated heterocycles. The van der Waals surface area contributed by atoms with Crippen LogP contribution in [0.1, 0.15) is 12.8 Å². The molecule has 0 aliphatic carbocycles. The summed E-state index contributed by atoms with van der Waals surface area (Å²) in [6.45, 7) is 2.09. The Kier molecular flexibility index (Phi) is 5.44. The smallest absolute Gasteiger partial charge is 0.231 e. The van der Waals surface area contributed by atoms with Gasteiger partial charge in [-0.25, -0.2) is 0 Å². The second-order valence-electron chi connectivity index (χ2n) is 7.19. The number of aromatic nitrogens is 3. The minimum Gasteiger partial charge on any atom is -0.371 e. The van der Waals surface area contributed by atoms with Crippen molar-refractivity contribution in [3.05, 3.63) is 30.3 Å². The zero-order valence-corrected chi connectivity index (χ0v) is 16.4. The Labute approximate surface area is 156 Å². The molecule has 0 amide bonds. The van der Waals surface area contributed by atoms with E-state index in [1.807, 2.05) is 38.0 Å². The molecule has 7 heteroatoms. The summed E-state index contributed by atoms with van der Waals surface area (Å²) >= 11 is 0. The van der Waals surface area contributed by atoms with Crippen LogP contribution in [0.5, 0.6) is 0 Å². The van der Waals surface area contributed by atoms with Crippen LogP contribution < -0.4 is 19.6 Å². The summed E-state index contributed by atoms with van der Waals surface area (Å²) in [7, 11) is 9.92. The maximum absolute atomic E-state index is 4.66. The topological polar surface area (TPSA) is 51.6 Å². The lowest BCUT2D eigenvalue weighted by molar-refractivity contribution is 0.477. The van der Waals surface area contributed by atoms with E-state index in [0.717, 1.165) is 31.9 Å². The molecule has 26 heavy (non-hydrogen) atoms. The molecule has 0 saturated carbocycles. The minimum absolute atomic E-state index is 0.433. The number of hydrogen-bond donors (Lipinski definition) is 0. The Bertz CT molecular complexity index is 683. The molecule has 0 radical (unpaired) electrons. The highest BCUT2D eigenvalue weighted by atomic mass is 15.4. The van der Waals surface area contributed by atoms with Gasteiger partial charge in [-0.3, -0.25) is 0 Å². The molecule has 2 aromatic rings. The van der Waals surface area contributed by atoms with Crippen molar-refractivity contribution in [2.24, 2.45) is 0 Å². The van der Waals surface area contributed by atoms with Gasteiger partial charge in [0.05, 0.1) is 0 Å². The van der Waals surface area contributed by atoms with Crippen molar-refractivity contribution >= 4 is 23.5 Å². The van der Waals surface area contributed by atoms with Crippen LogP contribution in [-0.2, 0) is 0 Å². The monoisotopic (exact) mass is 355 g/mol. The lowest BCUT2D eigenvalue weighted by atomic mass is 10.0. The molecule has 0 atom stereocenters. The molecule has 7 nitrogen and oxygen atoms in total. The van der Waals surface area contributed by atoms with Crippen molar-refractivity contribution in [2.45, 2.75) is 18.9 Å². The molecule has 1 fully saturated rings. The van der Waals surface area contributed by atoms with Gasteiger partial charge < -0.3 is 19.6 Å². The van der Waals surface area contributed by atoms with Crippen LogP contribution in [0.4, 0.5) is 23.5 Å². The van der Waals surface area contributed by atoms with E-state index in [1.54, 1.807) is 0 Å². The second-order valence-corrected chi connectivity index (χ2v) is 7.19. The molecule has 3 rings (SSSR count). The molecule has 2 heterocycles. The molecule has 1 aromatic heterocycles. The maximum Gasteiger partial charge on any atom is 0.231 e. The van der Waals surface area contributed by atoms with Crippen LogP contribution in [0, 0.1) is 0 Å². The van der Waals surface area contributed by atoms with Crippen LogP contribution >= 0.6 is 0 Å². The number of anilines is 4. The number of benzene rings is 1. The van der Waals surface area contributed by atoms with Gasteiger partial charge in [-0.05, 0) is 25.0 Å². The first-order valence-electron chi connectivity index (χ1n) is 9.09. The third kappa shape index (κ3) is 3.98. The third-order valence-electron chi connectivity index (χ3n) is 4.85. The number of piperidine rings is 1. The SMILES string of the molecule is CN(C)c1nc(N(C)C)nc(N(C)C2CCN(c3ccccc3)CC2)n1. The molecule has 0 bridgehead atoms. The van der Waals surface area contributed by atoms with E-state index >= 15 is 0 Å². The summed E-state index contributed by atoms with van der Waals surface area (Å²) in [6.07, 6.45) is 2.18. The molecule has 140 valence electrons. The van der Waals surface area contributed by atoms with Crippen molar-refractivity contribution < 1.29 is 0 Å². The highest BCUT2D eigenvalue weighted by molar-refractivity contribution is 5.48. The van der Waals surface area contributed by atoms with Crippen LogP contribution in [0.2, 0.25) is 0 Å². The molecule has 0 unspecified atom stereocenters. The summed E-state index contributed by atoms with van der Waals surface area (Å²) in [5.74, 6) is 2.12. The van der Waals surface area contributed by atoms with Gasteiger partial charge in [-0.15, -0.1) is 0 Å². The van der Waals surface area contributed by atoms with Crippen molar-refractivity contribution in [3.63, 3.8) is 0 Å². The molecule has 1 aliphatic heterocycles. The first-order valence-corrected chi connectivity index (χ1v) is 9.09. The first-order chi connectivity index (χ1) is 12.5. The highest BCUT2D eigenvalue weighted by Crippen LogP contribution is 2.25. The van der Waals surface area contributed by atoms with Crippen molar-refractivity contribution in [1.29, 1.82) is 0 Å². The van der Waals surface area contributed by atoms with Crippen molar-refractivity contribution in [2.75, 3.05) is 67.9 Å². The largest absolute Gasteiger partial charge is 0.371 e. The summed E-state index contributed by atoms with van der Waals surface area (Å²) in [6, 6.07) is 11.1. The Morgan fingerprint density at radius 3 is 1.77 bits per heavy atom. The van der Waals surface area contributed by atoms with Crippen LogP contribution in [0.3, 0.4) is 0 Å². The Hall–Kier alpha value is -2.57. The van der Waals surface area contributed by atoms with E-state index in [-0.39, 0.29) is 0 Å². The average molecular weight is 355 g/mol. The molecular formula is C19H29N7. The van der Waals surface area contributed by atoms with Gasteiger partial charge >= 0.3 is 0 Å². The van der Waals surface area contributed by atoms with Crippen LogP contribution in [0.15, 0.2) is 30.3 Å². The number of para-hydroxylation sites is 1. The van der Waals surface area contributed by atoms with Gasteiger partial charge in [0.25, 0.3) is 0 Å². The van der Waals surface area contributed by atoms with Gasteiger partial charge in [0.2, 0.25) is 17.8 Å². The molecule has 0 spiro atoms. The summed E-state index contributed by atoms with van der Waals surface area (Å²) in [5.41, 5.74) is 1.30. The van der Waals surface area contributed by atoms with Gasteiger partial charge in [0, 0.05) is 60.1 Å². The zero-order chi connectivity index (χ0) is 18.7. The predicted molar refractivity (Wildman–Crippen MR) is 109 cm³/mol. The first kappa shape index (κ1) is 18.2. The maximum atomic E-state index is 4.66. The normalized spacial score (nSPS) is 15.0. The Morgan fingerprint density at radius 2 is 1.27 bits per heavy atom. The lowest BCUT2D eigenvalue weighted by Gasteiger charge is -2.38. The number of rotatable bonds is 5. The van der Waals surface area contributed by atoms with E-state index in [9.17, 15) is 0 Å². The van der Waals surface area contributed by atoms with Gasteiger partial charge in [0.15, 0.2) is 0 Å². The molecular weight excluding hydrogens is 326 g/mol. The van der Waals surface area contributed by atoms with Crippen LogP contribution in [0.25, 0.3) is 0 Å². The predicted octanol–water partition coefficient (Wildman–Crippen LogP) is 2.11. The third-order valence-corrected chi connectivity index (χ3v) is 4.85. The van der Waals surface area contributed by atoms with Crippen molar-refractivity contribution in [3.8, 4) is 0 Å². The fourth-order valence-corrected chi connectivity index (χ4v) is 3.21. The fraction of sp³-hybridized carbons (Fsp3) is 0.526. The fourth-order valence-electron chi connectivity index (χ4n) is 3.21. The summed E-state index contributed by atoms with van der Waals surface area (Å²) in [4.78, 5) is 22.3. The van der Waals surface area contributed by atoms with E-state index in [0.29, 0.717) is 17.9 Å². The molecule has 1 aliphatic rings. The number of nitrogens with zero attached hydrogens (tertiary/aromatic N) is 7. The highest BCUT2D eigenvalue weighted by Gasteiger charge is 2.25. The Balaban J connectivity index is 1.73. The summed E-state index contributed by atoms with van der Waals surface area (Å²) in [5, 5.41) is 0. The standard InChI is InChI=1S/C19H29N7/c1-23(2)17-20-18(24(3)4)22-19(21-17)25(5)15-11-13-26(14-12-15)16-9-7-6-8-10-16/h6-10,15H,11-14H2,1-5H3. The van der Waals surface area contributed by atoms with E-state index < -0.39 is 0 Å².